The zero-order chi connectivity index (χ0) is 14.6. The van der Waals surface area contributed by atoms with Gasteiger partial charge in [0.05, 0.1) is 0 Å². The van der Waals surface area contributed by atoms with Gasteiger partial charge in [0.15, 0.2) is 5.41 Å². The summed E-state index contributed by atoms with van der Waals surface area (Å²) in [7, 11) is 0. The first-order valence-electron chi connectivity index (χ1n) is 5.12. The Morgan fingerprint density at radius 2 is 1.44 bits per heavy atom. The summed E-state index contributed by atoms with van der Waals surface area (Å²) >= 11 is 0.920. The van der Waals surface area contributed by atoms with E-state index in [1.807, 2.05) is 0 Å². The fourth-order valence-corrected chi connectivity index (χ4v) is 2.23. The smallest absolute Gasteiger partial charge is 0.300 e. The molecule has 0 aliphatic carbocycles. The summed E-state index contributed by atoms with van der Waals surface area (Å²) in [5.41, 5.74) is -3.69. The molecule has 0 bridgehead atoms. The summed E-state index contributed by atoms with van der Waals surface area (Å²) < 4.78 is 74.7. The average Bonchev–Trinajstić information content (AvgIpc) is 2.12. The second-order valence-electron chi connectivity index (χ2n) is 4.14. The Kier molecular flexibility index (Phi) is 6.03. The van der Waals surface area contributed by atoms with Crippen LogP contribution in [0.1, 0.15) is 26.7 Å². The minimum Gasteiger partial charge on any atom is -0.300 e. The van der Waals surface area contributed by atoms with E-state index >= 15 is 0 Å². The third-order valence-corrected chi connectivity index (χ3v) is 3.58. The minimum absolute atomic E-state index is 0.142. The van der Waals surface area contributed by atoms with Gasteiger partial charge in [-0.2, -0.15) is 38.1 Å². The average molecular weight is 296 g/mol. The largest absolute Gasteiger partial charge is 0.402 e. The maximum Gasteiger partial charge on any atom is 0.402 e. The van der Waals surface area contributed by atoms with Gasteiger partial charge < -0.3 is 0 Å². The van der Waals surface area contributed by atoms with Crippen molar-refractivity contribution in [1.82, 2.24) is 0 Å². The highest BCUT2D eigenvalue weighted by Crippen LogP contribution is 2.52. The van der Waals surface area contributed by atoms with Gasteiger partial charge in [0.2, 0.25) is 0 Å². The minimum atomic E-state index is -5.33. The number of thioether (sulfide) groups is 1. The number of hydrogen-bond donors (Lipinski definition) is 0. The van der Waals surface area contributed by atoms with E-state index in [-0.39, 0.29) is 30.6 Å². The Balaban J connectivity index is 4.43. The molecule has 0 heterocycles. The van der Waals surface area contributed by atoms with E-state index in [1.165, 1.54) is 6.92 Å². The third kappa shape index (κ3) is 4.70. The van der Waals surface area contributed by atoms with Crippen molar-refractivity contribution in [3.05, 3.63) is 0 Å². The lowest BCUT2D eigenvalue weighted by molar-refractivity contribution is -0.334. The van der Waals surface area contributed by atoms with Crippen LogP contribution in [0.15, 0.2) is 0 Å². The molecule has 0 saturated carbocycles. The Bertz CT molecular complexity index is 269. The van der Waals surface area contributed by atoms with Crippen LogP contribution in [0.4, 0.5) is 26.3 Å². The van der Waals surface area contributed by atoms with Crippen molar-refractivity contribution in [2.45, 2.75) is 39.0 Å². The molecule has 1 nitrogen and oxygen atoms in total. The first-order chi connectivity index (χ1) is 7.92. The predicted octanol–water partition coefficient (Wildman–Crippen LogP) is 4.22. The highest BCUT2D eigenvalue weighted by molar-refractivity contribution is 7.99. The van der Waals surface area contributed by atoms with E-state index < -0.39 is 24.2 Å². The number of alkyl halides is 6. The van der Waals surface area contributed by atoms with Gasteiger partial charge in [-0.3, -0.25) is 4.79 Å². The monoisotopic (exact) mass is 296 g/mol. The van der Waals surface area contributed by atoms with Crippen molar-refractivity contribution in [3.63, 3.8) is 0 Å². The quantitative estimate of drug-likeness (QED) is 0.539. The lowest BCUT2D eigenvalue weighted by Crippen LogP contribution is -2.48. The Labute approximate surface area is 105 Å². The number of carbonyl (C=O) groups is 1. The molecule has 0 rings (SSSR count). The second-order valence-corrected chi connectivity index (χ2v) is 5.37. The van der Waals surface area contributed by atoms with Crippen LogP contribution in [0.5, 0.6) is 0 Å². The maximum absolute atomic E-state index is 12.5. The van der Waals surface area contributed by atoms with Gasteiger partial charge in [-0.1, -0.05) is 0 Å². The molecule has 0 aliphatic rings. The highest BCUT2D eigenvalue weighted by atomic mass is 32.2. The first kappa shape index (κ1) is 17.6. The van der Waals surface area contributed by atoms with E-state index in [0.29, 0.717) is 0 Å². The molecule has 0 aliphatic heterocycles. The van der Waals surface area contributed by atoms with Crippen molar-refractivity contribution in [2.75, 3.05) is 11.5 Å². The molecule has 108 valence electrons. The summed E-state index contributed by atoms with van der Waals surface area (Å²) in [6, 6.07) is 0. The van der Waals surface area contributed by atoms with Crippen LogP contribution in [0.25, 0.3) is 0 Å². The number of hydrogen-bond acceptors (Lipinski definition) is 2. The van der Waals surface area contributed by atoms with Gasteiger partial charge >= 0.3 is 12.4 Å². The van der Waals surface area contributed by atoms with Crippen LogP contribution in [0.3, 0.4) is 0 Å². The van der Waals surface area contributed by atoms with Crippen LogP contribution in [0.2, 0.25) is 0 Å². The summed E-state index contributed by atoms with van der Waals surface area (Å²) in [5.74, 6) is -0.193. The Morgan fingerprint density at radius 1 is 1.00 bits per heavy atom. The number of rotatable bonds is 6. The molecular weight excluding hydrogens is 282 g/mol. The molecular formula is C10H14F6OS. The zero-order valence-corrected chi connectivity index (χ0v) is 10.7. The van der Waals surface area contributed by atoms with Crippen molar-refractivity contribution in [2.24, 2.45) is 5.41 Å². The van der Waals surface area contributed by atoms with Crippen LogP contribution in [-0.2, 0) is 4.79 Å². The summed E-state index contributed by atoms with van der Waals surface area (Å²) in [4.78, 5) is 10.5. The van der Waals surface area contributed by atoms with Gasteiger partial charge in [-0.05, 0) is 26.0 Å². The molecule has 0 aromatic carbocycles. The van der Waals surface area contributed by atoms with Crippen molar-refractivity contribution >= 4 is 17.5 Å². The molecule has 0 aromatic rings. The molecule has 0 fully saturated rings. The van der Waals surface area contributed by atoms with E-state index in [9.17, 15) is 31.1 Å². The molecule has 8 heteroatoms. The Hall–Kier alpha value is -0.400. The van der Waals surface area contributed by atoms with Crippen molar-refractivity contribution in [1.29, 1.82) is 0 Å². The molecule has 0 spiro atoms. The van der Waals surface area contributed by atoms with Crippen LogP contribution in [0, 0.1) is 5.41 Å². The normalized spacial score (nSPS) is 13.8. The van der Waals surface area contributed by atoms with Gasteiger partial charge in [0.1, 0.15) is 5.78 Å². The van der Waals surface area contributed by atoms with Crippen LogP contribution < -0.4 is 0 Å². The summed E-state index contributed by atoms with van der Waals surface area (Å²) in [6.45, 7) is 1.48. The van der Waals surface area contributed by atoms with Crippen LogP contribution in [-0.4, -0.2) is 29.6 Å². The van der Waals surface area contributed by atoms with Crippen molar-refractivity contribution in [3.8, 4) is 0 Å². The molecule has 0 N–H and O–H groups in total. The lowest BCUT2D eigenvalue weighted by atomic mass is 9.86. The van der Waals surface area contributed by atoms with Gasteiger partial charge in [0, 0.05) is 12.2 Å². The molecule has 0 radical (unpaired) electrons. The summed E-state index contributed by atoms with van der Waals surface area (Å²) in [5, 5.41) is 0. The van der Waals surface area contributed by atoms with Gasteiger partial charge in [0.25, 0.3) is 0 Å². The number of halogens is 6. The topological polar surface area (TPSA) is 17.1 Å². The number of Topliss-reactive ketones (excluding diaryl/α,β-unsaturated/α-hetero) is 1. The number of carbonyl (C=O) groups excluding carboxylic acids is 1. The molecule has 0 atom stereocenters. The standard InChI is InChI=1S/C10H14F6OS/c1-7(17)3-5-18-6-4-8(2,9(11,12)13)10(14,15)16/h3-6H2,1-2H3. The first-order valence-corrected chi connectivity index (χ1v) is 6.28. The number of ketones is 1. The van der Waals surface area contributed by atoms with E-state index in [1.54, 1.807) is 0 Å². The predicted molar refractivity (Wildman–Crippen MR) is 57.5 cm³/mol. The van der Waals surface area contributed by atoms with E-state index in [0.717, 1.165) is 11.8 Å². The summed E-state index contributed by atoms with van der Waals surface area (Å²) in [6.07, 6.45) is -11.5. The van der Waals surface area contributed by atoms with Gasteiger partial charge in [-0.25, -0.2) is 0 Å². The molecule has 0 saturated heterocycles. The van der Waals surface area contributed by atoms with Crippen molar-refractivity contribution < 1.29 is 31.1 Å². The fourth-order valence-electron chi connectivity index (χ4n) is 1.04. The molecule has 0 amide bonds. The van der Waals surface area contributed by atoms with E-state index in [2.05, 4.69) is 0 Å². The molecule has 0 aromatic heterocycles. The molecule has 0 unspecified atom stereocenters. The second kappa shape index (κ2) is 6.16. The fraction of sp³-hybridized carbons (Fsp3) is 0.900. The molecule has 18 heavy (non-hydrogen) atoms. The van der Waals surface area contributed by atoms with Crippen LogP contribution >= 0.6 is 11.8 Å². The third-order valence-electron chi connectivity index (χ3n) is 2.60. The zero-order valence-electron chi connectivity index (χ0n) is 9.91. The SMILES string of the molecule is CC(=O)CCSCCC(C)(C(F)(F)F)C(F)(F)F. The van der Waals surface area contributed by atoms with E-state index in [4.69, 9.17) is 0 Å². The Morgan fingerprint density at radius 3 is 1.78 bits per heavy atom. The highest BCUT2D eigenvalue weighted by Gasteiger charge is 2.66. The van der Waals surface area contributed by atoms with Gasteiger partial charge in [-0.15, -0.1) is 0 Å². The maximum atomic E-state index is 12.5. The lowest BCUT2D eigenvalue weighted by Gasteiger charge is -2.33.